The van der Waals surface area contributed by atoms with Gasteiger partial charge in [-0.15, -0.1) is 24.0 Å². The van der Waals surface area contributed by atoms with Crippen LogP contribution in [0.15, 0.2) is 4.99 Å². The van der Waals surface area contributed by atoms with Crippen LogP contribution in [0.25, 0.3) is 0 Å². The molecule has 2 bridgehead atoms. The van der Waals surface area contributed by atoms with Crippen molar-refractivity contribution in [2.24, 2.45) is 28.2 Å². The Morgan fingerprint density at radius 2 is 1.85 bits per heavy atom. The molecule has 3 aliphatic carbocycles. The van der Waals surface area contributed by atoms with E-state index in [0.29, 0.717) is 18.1 Å². The number of nitrogens with one attached hydrogen (secondary N) is 1. The highest BCUT2D eigenvalue weighted by atomic mass is 127. The van der Waals surface area contributed by atoms with Crippen LogP contribution in [0.1, 0.15) is 46.0 Å². The Labute approximate surface area is 181 Å². The Balaban J connectivity index is 0.00000180. The van der Waals surface area contributed by atoms with E-state index in [4.69, 9.17) is 4.74 Å². The SMILES string of the molecule is CN=C(NC1C2CCOC2C1(C)C)N1CCN(C2CC3CCC2C3)CC1.I. The van der Waals surface area contributed by atoms with Gasteiger partial charge in [0.05, 0.1) is 6.10 Å². The highest BCUT2D eigenvalue weighted by molar-refractivity contribution is 14.0. The molecule has 2 aliphatic heterocycles. The summed E-state index contributed by atoms with van der Waals surface area (Å²) in [5.74, 6) is 3.82. The van der Waals surface area contributed by atoms with Crippen molar-refractivity contribution in [1.29, 1.82) is 0 Å². The Hall–Kier alpha value is -0.0800. The lowest BCUT2D eigenvalue weighted by atomic mass is 9.57. The molecule has 2 saturated heterocycles. The Bertz CT molecular complexity index is 575. The topological polar surface area (TPSA) is 40.1 Å². The second kappa shape index (κ2) is 7.63. The maximum absolute atomic E-state index is 5.95. The number of piperazine rings is 1. The first-order valence-electron chi connectivity index (χ1n) is 10.9. The molecule has 1 N–H and O–H groups in total. The average Bonchev–Trinajstić information content (AvgIpc) is 3.38. The van der Waals surface area contributed by atoms with E-state index in [1.54, 1.807) is 0 Å². The number of rotatable bonds is 2. The molecule has 154 valence electrons. The summed E-state index contributed by atoms with van der Waals surface area (Å²) < 4.78 is 5.95. The van der Waals surface area contributed by atoms with Crippen LogP contribution in [-0.2, 0) is 4.74 Å². The second-order valence-corrected chi connectivity index (χ2v) is 10.00. The standard InChI is InChI=1S/C21H36N4O.HI/c1-21(2)18(16-6-11-26-19(16)21)23-20(22-3)25-9-7-24(8-10-25)17-13-14-4-5-15(17)12-14;/h14-19H,4-13H2,1-3H3,(H,22,23);1H. The maximum atomic E-state index is 5.95. The van der Waals surface area contributed by atoms with Crippen LogP contribution in [0.4, 0.5) is 0 Å². The minimum atomic E-state index is 0. The molecule has 0 aromatic heterocycles. The summed E-state index contributed by atoms with van der Waals surface area (Å²) >= 11 is 0. The number of halogens is 1. The summed E-state index contributed by atoms with van der Waals surface area (Å²) in [7, 11) is 1.94. The molecule has 0 aromatic rings. The van der Waals surface area contributed by atoms with Crippen LogP contribution >= 0.6 is 24.0 Å². The van der Waals surface area contributed by atoms with Gasteiger partial charge in [-0.3, -0.25) is 9.89 Å². The molecule has 27 heavy (non-hydrogen) atoms. The molecule has 3 saturated carbocycles. The zero-order chi connectivity index (χ0) is 17.9. The molecule has 6 atom stereocenters. The molecule has 0 spiro atoms. The quantitative estimate of drug-likeness (QED) is 0.369. The van der Waals surface area contributed by atoms with Gasteiger partial charge in [0.2, 0.25) is 0 Å². The molecule has 0 radical (unpaired) electrons. The van der Waals surface area contributed by atoms with Crippen molar-refractivity contribution in [2.45, 2.75) is 64.1 Å². The van der Waals surface area contributed by atoms with E-state index in [9.17, 15) is 0 Å². The number of nitrogens with zero attached hydrogens (tertiary/aromatic N) is 3. The average molecular weight is 488 g/mol. The van der Waals surface area contributed by atoms with Crippen LogP contribution in [0, 0.1) is 23.2 Å². The van der Waals surface area contributed by atoms with Crippen LogP contribution in [0.2, 0.25) is 0 Å². The second-order valence-electron chi connectivity index (χ2n) is 10.00. The number of hydrogen-bond donors (Lipinski definition) is 1. The van der Waals surface area contributed by atoms with Crippen molar-refractivity contribution in [1.82, 2.24) is 15.1 Å². The molecule has 5 fully saturated rings. The summed E-state index contributed by atoms with van der Waals surface area (Å²) in [6.45, 7) is 10.3. The first-order chi connectivity index (χ1) is 12.6. The number of fused-ring (bicyclic) bond motifs is 3. The molecule has 5 aliphatic rings. The summed E-state index contributed by atoms with van der Waals surface area (Å²) in [5, 5.41) is 3.82. The minimum absolute atomic E-state index is 0. The fourth-order valence-corrected chi connectivity index (χ4v) is 6.98. The molecule has 6 heteroatoms. The van der Waals surface area contributed by atoms with Crippen molar-refractivity contribution >= 4 is 29.9 Å². The van der Waals surface area contributed by atoms with E-state index in [2.05, 4.69) is 34.0 Å². The molecule has 5 nitrogen and oxygen atoms in total. The zero-order valence-electron chi connectivity index (χ0n) is 17.2. The zero-order valence-corrected chi connectivity index (χ0v) is 19.5. The third-order valence-corrected chi connectivity index (χ3v) is 8.38. The lowest BCUT2D eigenvalue weighted by molar-refractivity contribution is -0.107. The van der Waals surface area contributed by atoms with E-state index >= 15 is 0 Å². The number of guanidine groups is 1. The predicted octanol–water partition coefficient (Wildman–Crippen LogP) is 2.80. The van der Waals surface area contributed by atoms with Crippen LogP contribution in [0.3, 0.4) is 0 Å². The van der Waals surface area contributed by atoms with Gasteiger partial charge >= 0.3 is 0 Å². The monoisotopic (exact) mass is 488 g/mol. The lowest BCUT2D eigenvalue weighted by Gasteiger charge is -2.55. The Morgan fingerprint density at radius 3 is 2.48 bits per heavy atom. The third kappa shape index (κ3) is 3.31. The van der Waals surface area contributed by atoms with Crippen molar-refractivity contribution < 1.29 is 4.74 Å². The minimum Gasteiger partial charge on any atom is -0.377 e. The summed E-state index contributed by atoms with van der Waals surface area (Å²) in [5.41, 5.74) is 0.210. The Kier molecular flexibility index (Phi) is 5.71. The van der Waals surface area contributed by atoms with Crippen LogP contribution in [-0.4, -0.2) is 73.8 Å². The van der Waals surface area contributed by atoms with E-state index in [1.807, 2.05) is 7.05 Å². The van der Waals surface area contributed by atoms with Gasteiger partial charge in [0.1, 0.15) is 0 Å². The molecular formula is C21H37IN4O. The van der Waals surface area contributed by atoms with Gasteiger partial charge in [-0.2, -0.15) is 0 Å². The summed E-state index contributed by atoms with van der Waals surface area (Å²) in [6.07, 6.45) is 7.60. The molecule has 5 rings (SSSR count). The van der Waals surface area contributed by atoms with E-state index < -0.39 is 0 Å². The van der Waals surface area contributed by atoms with Crippen molar-refractivity contribution in [3.8, 4) is 0 Å². The van der Waals surface area contributed by atoms with E-state index in [-0.39, 0.29) is 29.4 Å². The molecular weight excluding hydrogens is 451 g/mol. The van der Waals surface area contributed by atoms with Gasteiger partial charge in [0, 0.05) is 63.3 Å². The number of aliphatic imine (C=N–C) groups is 1. The fourth-order valence-electron chi connectivity index (χ4n) is 6.98. The maximum Gasteiger partial charge on any atom is 0.193 e. The highest BCUT2D eigenvalue weighted by Crippen LogP contribution is 2.52. The van der Waals surface area contributed by atoms with Gasteiger partial charge in [-0.25, -0.2) is 0 Å². The van der Waals surface area contributed by atoms with Gasteiger partial charge in [-0.05, 0) is 37.5 Å². The van der Waals surface area contributed by atoms with Gasteiger partial charge in [0.25, 0.3) is 0 Å². The van der Waals surface area contributed by atoms with Crippen molar-refractivity contribution in [3.63, 3.8) is 0 Å². The Morgan fingerprint density at radius 1 is 1.07 bits per heavy atom. The van der Waals surface area contributed by atoms with Crippen LogP contribution < -0.4 is 5.32 Å². The normalized spacial score (nSPS) is 43.2. The first kappa shape index (κ1) is 20.2. The van der Waals surface area contributed by atoms with Crippen LogP contribution in [0.5, 0.6) is 0 Å². The molecule has 0 aromatic carbocycles. The first-order valence-corrected chi connectivity index (χ1v) is 10.9. The largest absolute Gasteiger partial charge is 0.377 e. The van der Waals surface area contributed by atoms with Crippen molar-refractivity contribution in [2.75, 3.05) is 39.8 Å². The van der Waals surface area contributed by atoms with E-state index in [1.165, 1.54) is 45.2 Å². The predicted molar refractivity (Wildman–Crippen MR) is 120 cm³/mol. The highest BCUT2D eigenvalue weighted by Gasteiger charge is 2.59. The van der Waals surface area contributed by atoms with E-state index in [0.717, 1.165) is 43.5 Å². The molecule has 0 amide bonds. The fraction of sp³-hybridized carbons (Fsp3) is 0.952. The molecule has 6 unspecified atom stereocenters. The van der Waals surface area contributed by atoms with Crippen molar-refractivity contribution in [3.05, 3.63) is 0 Å². The number of hydrogen-bond acceptors (Lipinski definition) is 3. The molecule has 2 heterocycles. The van der Waals surface area contributed by atoms with Gasteiger partial charge in [-0.1, -0.05) is 20.3 Å². The van der Waals surface area contributed by atoms with Gasteiger partial charge < -0.3 is 15.0 Å². The number of ether oxygens (including phenoxy) is 1. The summed E-state index contributed by atoms with van der Waals surface area (Å²) in [4.78, 5) is 9.93. The third-order valence-electron chi connectivity index (χ3n) is 8.38. The smallest absolute Gasteiger partial charge is 0.193 e. The lowest BCUT2D eigenvalue weighted by Crippen LogP contribution is -2.68. The van der Waals surface area contributed by atoms with Gasteiger partial charge in [0.15, 0.2) is 5.96 Å². The summed E-state index contributed by atoms with van der Waals surface area (Å²) in [6, 6.07) is 1.38.